The molecule has 0 aromatic heterocycles. The van der Waals surface area contributed by atoms with Crippen molar-refractivity contribution in [3.63, 3.8) is 0 Å². The van der Waals surface area contributed by atoms with E-state index in [0.29, 0.717) is 6.42 Å². The minimum Gasteiger partial charge on any atom is -0.384 e. The van der Waals surface area contributed by atoms with Crippen LogP contribution in [0.2, 0.25) is 0 Å². The van der Waals surface area contributed by atoms with E-state index in [1.165, 1.54) is 5.56 Å². The van der Waals surface area contributed by atoms with Gasteiger partial charge in [-0.25, -0.2) is 0 Å². The summed E-state index contributed by atoms with van der Waals surface area (Å²) in [5.74, 6) is 0.278. The zero-order valence-electron chi connectivity index (χ0n) is 8.47. The number of hydrogen-bond donors (Lipinski definition) is 1. The van der Waals surface area contributed by atoms with Crippen LogP contribution in [0, 0.1) is 0 Å². The molecule has 1 aliphatic rings. The highest BCUT2D eigenvalue weighted by atomic mass is 16.1. The van der Waals surface area contributed by atoms with Crippen LogP contribution in [0.5, 0.6) is 0 Å². The van der Waals surface area contributed by atoms with Gasteiger partial charge in [-0.15, -0.1) is 0 Å². The number of anilines is 1. The van der Waals surface area contributed by atoms with Gasteiger partial charge in [-0.1, -0.05) is 13.0 Å². The van der Waals surface area contributed by atoms with Crippen LogP contribution in [0.25, 0.3) is 0 Å². The summed E-state index contributed by atoms with van der Waals surface area (Å²) in [6, 6.07) is 6.14. The van der Waals surface area contributed by atoms with Crippen LogP contribution >= 0.6 is 0 Å². The second-order valence-electron chi connectivity index (χ2n) is 3.69. The number of carbonyl (C=O) groups excluding carboxylic acids is 1. The molecule has 1 aliphatic heterocycles. The van der Waals surface area contributed by atoms with Crippen molar-refractivity contribution in [1.82, 2.24) is 0 Å². The number of rotatable bonds is 1. The fourth-order valence-corrected chi connectivity index (χ4v) is 1.80. The lowest BCUT2D eigenvalue weighted by molar-refractivity contribution is 0.0983. The van der Waals surface area contributed by atoms with Crippen LogP contribution in [-0.4, -0.2) is 12.3 Å². The van der Waals surface area contributed by atoms with Crippen molar-refractivity contribution in [1.29, 1.82) is 0 Å². The molecule has 1 aromatic carbocycles. The lowest BCUT2D eigenvalue weighted by Crippen LogP contribution is -2.01. The van der Waals surface area contributed by atoms with Crippen molar-refractivity contribution < 1.29 is 4.79 Å². The van der Waals surface area contributed by atoms with Crippen molar-refractivity contribution in [2.24, 2.45) is 0 Å². The summed E-state index contributed by atoms with van der Waals surface area (Å²) in [7, 11) is 0. The van der Waals surface area contributed by atoms with E-state index in [0.717, 1.165) is 30.6 Å². The first kappa shape index (κ1) is 9.25. The molecule has 0 bridgehead atoms. The zero-order valence-corrected chi connectivity index (χ0v) is 8.47. The highest BCUT2D eigenvalue weighted by Gasteiger charge is 2.14. The second kappa shape index (κ2) is 3.82. The Balaban J connectivity index is 2.44. The molecule has 0 fully saturated rings. The molecule has 0 saturated carbocycles. The molecule has 0 amide bonds. The van der Waals surface area contributed by atoms with Crippen molar-refractivity contribution in [2.45, 2.75) is 26.2 Å². The van der Waals surface area contributed by atoms with Gasteiger partial charge in [0.25, 0.3) is 0 Å². The summed E-state index contributed by atoms with van der Waals surface area (Å²) in [6.45, 7) is 3.01. The van der Waals surface area contributed by atoms with Gasteiger partial charge in [0.1, 0.15) is 0 Å². The number of carbonyl (C=O) groups is 1. The van der Waals surface area contributed by atoms with Crippen LogP contribution in [0.1, 0.15) is 35.7 Å². The van der Waals surface area contributed by atoms with Gasteiger partial charge in [0.05, 0.1) is 0 Å². The predicted molar refractivity (Wildman–Crippen MR) is 57.9 cm³/mol. The number of benzene rings is 1. The number of hydrogen-bond acceptors (Lipinski definition) is 2. The number of ketones is 1. The molecule has 1 aromatic rings. The third-order valence-corrected chi connectivity index (χ3v) is 2.69. The quantitative estimate of drug-likeness (QED) is 0.735. The molecule has 2 nitrogen and oxygen atoms in total. The molecule has 0 saturated heterocycles. The van der Waals surface area contributed by atoms with E-state index in [2.05, 4.69) is 18.3 Å². The Morgan fingerprint density at radius 1 is 1.43 bits per heavy atom. The van der Waals surface area contributed by atoms with Crippen LogP contribution in [0.3, 0.4) is 0 Å². The average Bonchev–Trinajstić information content (AvgIpc) is 2.40. The molecule has 0 atom stereocenters. The predicted octanol–water partition coefficient (Wildman–Crippen LogP) is 2.64. The van der Waals surface area contributed by atoms with Gasteiger partial charge >= 0.3 is 0 Å². The van der Waals surface area contributed by atoms with E-state index in [4.69, 9.17) is 0 Å². The summed E-state index contributed by atoms with van der Waals surface area (Å²) in [5.41, 5.74) is 3.12. The monoisotopic (exact) mass is 189 g/mol. The first-order valence-corrected chi connectivity index (χ1v) is 5.21. The smallest absolute Gasteiger partial charge is 0.165 e. The molecule has 2 rings (SSSR count). The molecule has 2 heteroatoms. The standard InChI is InChI=1S/C12H15NO/c1-2-9-5-6-11-10(8-9)12(14)4-3-7-13-11/h5-6,8,13H,2-4,7H2,1H3. The van der Waals surface area contributed by atoms with E-state index in [9.17, 15) is 4.79 Å². The van der Waals surface area contributed by atoms with Gasteiger partial charge in [0.15, 0.2) is 5.78 Å². The van der Waals surface area contributed by atoms with Crippen LogP contribution in [0.4, 0.5) is 5.69 Å². The van der Waals surface area contributed by atoms with Gasteiger partial charge in [-0.3, -0.25) is 4.79 Å². The largest absolute Gasteiger partial charge is 0.384 e. The lowest BCUT2D eigenvalue weighted by Gasteiger charge is -2.07. The third kappa shape index (κ3) is 1.65. The van der Waals surface area contributed by atoms with Gasteiger partial charge in [0, 0.05) is 24.2 Å². The molecule has 1 heterocycles. The van der Waals surface area contributed by atoms with Crippen molar-refractivity contribution in [2.75, 3.05) is 11.9 Å². The maximum atomic E-state index is 11.7. The summed E-state index contributed by atoms with van der Waals surface area (Å²) in [5, 5.41) is 3.29. The summed E-state index contributed by atoms with van der Waals surface area (Å²) in [6.07, 6.45) is 2.60. The number of fused-ring (bicyclic) bond motifs is 1. The maximum absolute atomic E-state index is 11.7. The van der Waals surface area contributed by atoms with Crippen LogP contribution in [0.15, 0.2) is 18.2 Å². The number of aryl methyl sites for hydroxylation is 1. The SMILES string of the molecule is CCc1ccc2c(c1)C(=O)CCCN2. The first-order valence-electron chi connectivity index (χ1n) is 5.21. The fourth-order valence-electron chi connectivity index (χ4n) is 1.80. The summed E-state index contributed by atoms with van der Waals surface area (Å²) < 4.78 is 0. The Morgan fingerprint density at radius 3 is 3.07 bits per heavy atom. The minimum atomic E-state index is 0.278. The highest BCUT2D eigenvalue weighted by molar-refractivity contribution is 6.01. The Morgan fingerprint density at radius 2 is 2.29 bits per heavy atom. The van der Waals surface area contributed by atoms with Crippen molar-refractivity contribution in [3.8, 4) is 0 Å². The zero-order chi connectivity index (χ0) is 9.97. The molecule has 1 N–H and O–H groups in total. The number of Topliss-reactive ketones (excluding diaryl/α,β-unsaturated/α-hetero) is 1. The van der Waals surface area contributed by atoms with Crippen LogP contribution < -0.4 is 5.32 Å². The fraction of sp³-hybridized carbons (Fsp3) is 0.417. The summed E-state index contributed by atoms with van der Waals surface area (Å²) >= 11 is 0. The normalized spacial score (nSPS) is 15.6. The lowest BCUT2D eigenvalue weighted by atomic mass is 10.0. The Labute approximate surface area is 84.3 Å². The molecule has 14 heavy (non-hydrogen) atoms. The molecule has 0 aliphatic carbocycles. The summed E-state index contributed by atoms with van der Waals surface area (Å²) in [4.78, 5) is 11.7. The van der Waals surface area contributed by atoms with E-state index >= 15 is 0 Å². The van der Waals surface area contributed by atoms with Gasteiger partial charge in [-0.2, -0.15) is 0 Å². The third-order valence-electron chi connectivity index (χ3n) is 2.69. The second-order valence-corrected chi connectivity index (χ2v) is 3.69. The van der Waals surface area contributed by atoms with E-state index in [1.807, 2.05) is 12.1 Å². The molecule has 0 unspecified atom stereocenters. The Kier molecular flexibility index (Phi) is 2.53. The van der Waals surface area contributed by atoms with E-state index in [-0.39, 0.29) is 5.78 Å². The highest BCUT2D eigenvalue weighted by Crippen LogP contribution is 2.22. The molecule has 0 spiro atoms. The molecular weight excluding hydrogens is 174 g/mol. The van der Waals surface area contributed by atoms with Gasteiger partial charge in [-0.05, 0) is 30.5 Å². The van der Waals surface area contributed by atoms with Crippen molar-refractivity contribution in [3.05, 3.63) is 29.3 Å². The van der Waals surface area contributed by atoms with Gasteiger partial charge < -0.3 is 5.32 Å². The Hall–Kier alpha value is -1.31. The van der Waals surface area contributed by atoms with E-state index < -0.39 is 0 Å². The Bertz CT molecular complexity index is 357. The maximum Gasteiger partial charge on any atom is 0.165 e. The topological polar surface area (TPSA) is 29.1 Å². The van der Waals surface area contributed by atoms with Crippen LogP contribution in [-0.2, 0) is 6.42 Å². The molecular formula is C12H15NO. The first-order chi connectivity index (χ1) is 6.81. The van der Waals surface area contributed by atoms with E-state index in [1.54, 1.807) is 0 Å². The molecule has 0 radical (unpaired) electrons. The van der Waals surface area contributed by atoms with Crippen molar-refractivity contribution >= 4 is 11.5 Å². The van der Waals surface area contributed by atoms with Gasteiger partial charge in [0.2, 0.25) is 0 Å². The number of nitrogens with one attached hydrogen (secondary N) is 1. The molecule has 74 valence electrons. The minimum absolute atomic E-state index is 0.278. The average molecular weight is 189 g/mol.